The molecule has 2 rings (SSSR count). The van der Waals surface area contributed by atoms with Crippen LogP contribution in [0.15, 0.2) is 10.9 Å². The lowest BCUT2D eigenvalue weighted by Crippen LogP contribution is -2.19. The minimum Gasteiger partial charge on any atom is -0.369 e. The molecular weight excluding hydrogens is 206 g/mol. The Balaban J connectivity index is 2.20. The summed E-state index contributed by atoms with van der Waals surface area (Å²) in [5.74, 6) is 0.754. The van der Waals surface area contributed by atoms with Crippen LogP contribution in [0.2, 0.25) is 0 Å². The first-order valence-electron chi connectivity index (χ1n) is 5.25. The van der Waals surface area contributed by atoms with Gasteiger partial charge in [0.2, 0.25) is 0 Å². The van der Waals surface area contributed by atoms with Crippen molar-refractivity contribution in [2.24, 2.45) is 5.73 Å². The van der Waals surface area contributed by atoms with E-state index in [1.165, 1.54) is 6.33 Å². The van der Waals surface area contributed by atoms with Crippen molar-refractivity contribution in [2.45, 2.75) is 26.3 Å². The molecule has 0 bridgehead atoms. The highest BCUT2D eigenvalue weighted by atomic mass is 16.5. The molecule has 1 unspecified atom stereocenters. The Morgan fingerprint density at radius 2 is 2.31 bits per heavy atom. The monoisotopic (exact) mass is 221 g/mol. The molecule has 6 nitrogen and oxygen atoms in total. The summed E-state index contributed by atoms with van der Waals surface area (Å²) in [4.78, 5) is 8.17. The standard InChI is InChI=1S/C10H15N5O/c1-6(11)3-4-12-9-8-7(2)15-16-10(8)14-5-13-9/h5-6H,3-4,11H2,1-2H3,(H,12,13,14). The van der Waals surface area contributed by atoms with E-state index >= 15 is 0 Å². The SMILES string of the molecule is Cc1noc2ncnc(NCCC(C)N)c12. The molecule has 0 saturated carbocycles. The molecule has 86 valence electrons. The summed E-state index contributed by atoms with van der Waals surface area (Å²) < 4.78 is 5.05. The Morgan fingerprint density at radius 1 is 1.50 bits per heavy atom. The van der Waals surface area contributed by atoms with Crippen molar-refractivity contribution >= 4 is 16.9 Å². The minimum absolute atomic E-state index is 0.174. The molecule has 1 atom stereocenters. The van der Waals surface area contributed by atoms with Crippen molar-refractivity contribution in [3.8, 4) is 0 Å². The molecule has 0 amide bonds. The average Bonchev–Trinajstić information content (AvgIpc) is 2.61. The number of rotatable bonds is 4. The summed E-state index contributed by atoms with van der Waals surface area (Å²) in [6.45, 7) is 4.61. The third-order valence-electron chi connectivity index (χ3n) is 2.34. The second-order valence-corrected chi connectivity index (χ2v) is 3.86. The van der Waals surface area contributed by atoms with Gasteiger partial charge in [-0.05, 0) is 20.3 Å². The average molecular weight is 221 g/mol. The normalized spacial score (nSPS) is 12.9. The highest BCUT2D eigenvalue weighted by molar-refractivity contribution is 5.87. The first kappa shape index (κ1) is 10.8. The molecule has 6 heteroatoms. The van der Waals surface area contributed by atoms with Gasteiger partial charge in [-0.2, -0.15) is 4.98 Å². The number of anilines is 1. The van der Waals surface area contributed by atoms with Gasteiger partial charge in [0.25, 0.3) is 5.71 Å². The van der Waals surface area contributed by atoms with Crippen LogP contribution in [0.4, 0.5) is 5.82 Å². The molecule has 0 fully saturated rings. The van der Waals surface area contributed by atoms with Gasteiger partial charge >= 0.3 is 0 Å². The van der Waals surface area contributed by atoms with Gasteiger partial charge in [0.05, 0.1) is 5.69 Å². The van der Waals surface area contributed by atoms with Crippen LogP contribution in [0.3, 0.4) is 0 Å². The van der Waals surface area contributed by atoms with E-state index in [4.69, 9.17) is 10.3 Å². The molecule has 0 spiro atoms. The Bertz CT molecular complexity index is 479. The van der Waals surface area contributed by atoms with Gasteiger partial charge in [-0.1, -0.05) is 5.16 Å². The summed E-state index contributed by atoms with van der Waals surface area (Å²) in [6, 6.07) is 0.174. The Hall–Kier alpha value is -1.69. The van der Waals surface area contributed by atoms with Crippen LogP contribution in [0.25, 0.3) is 11.1 Å². The summed E-state index contributed by atoms with van der Waals surface area (Å²) in [5, 5.41) is 7.91. The Labute approximate surface area is 93.2 Å². The van der Waals surface area contributed by atoms with E-state index in [0.29, 0.717) is 5.71 Å². The smallest absolute Gasteiger partial charge is 0.263 e. The lowest BCUT2D eigenvalue weighted by atomic mass is 10.2. The van der Waals surface area contributed by atoms with Crippen LogP contribution < -0.4 is 11.1 Å². The summed E-state index contributed by atoms with van der Waals surface area (Å²) in [7, 11) is 0. The number of fused-ring (bicyclic) bond motifs is 1. The fraction of sp³-hybridized carbons (Fsp3) is 0.500. The summed E-state index contributed by atoms with van der Waals surface area (Å²) in [6.07, 6.45) is 2.34. The molecule has 0 aromatic carbocycles. The maximum absolute atomic E-state index is 5.68. The molecule has 16 heavy (non-hydrogen) atoms. The number of nitrogens with zero attached hydrogens (tertiary/aromatic N) is 3. The van der Waals surface area contributed by atoms with E-state index in [1.54, 1.807) is 0 Å². The summed E-state index contributed by atoms with van der Waals surface area (Å²) in [5.41, 5.74) is 6.98. The van der Waals surface area contributed by atoms with Crippen LogP contribution in [-0.4, -0.2) is 27.7 Å². The molecular formula is C10H15N5O. The second-order valence-electron chi connectivity index (χ2n) is 3.86. The van der Waals surface area contributed by atoms with Crippen LogP contribution in [0.1, 0.15) is 19.0 Å². The highest BCUT2D eigenvalue weighted by Gasteiger charge is 2.11. The highest BCUT2D eigenvalue weighted by Crippen LogP contribution is 2.21. The molecule has 2 aromatic heterocycles. The van der Waals surface area contributed by atoms with E-state index in [1.807, 2.05) is 13.8 Å². The fourth-order valence-electron chi connectivity index (χ4n) is 1.47. The fourth-order valence-corrected chi connectivity index (χ4v) is 1.47. The van der Waals surface area contributed by atoms with Crippen molar-refractivity contribution < 1.29 is 4.52 Å². The molecule has 0 radical (unpaired) electrons. The number of aromatic nitrogens is 3. The quantitative estimate of drug-likeness (QED) is 0.802. The zero-order valence-electron chi connectivity index (χ0n) is 9.40. The number of nitrogens with one attached hydrogen (secondary N) is 1. The topological polar surface area (TPSA) is 89.9 Å². The number of hydrogen-bond acceptors (Lipinski definition) is 6. The van der Waals surface area contributed by atoms with Crippen molar-refractivity contribution in [3.05, 3.63) is 12.0 Å². The molecule has 2 aromatic rings. The van der Waals surface area contributed by atoms with Gasteiger partial charge in [0.1, 0.15) is 17.5 Å². The van der Waals surface area contributed by atoms with Crippen LogP contribution in [0, 0.1) is 6.92 Å². The van der Waals surface area contributed by atoms with Gasteiger partial charge in [-0.25, -0.2) is 4.98 Å². The zero-order valence-corrected chi connectivity index (χ0v) is 9.40. The van der Waals surface area contributed by atoms with E-state index in [2.05, 4.69) is 20.4 Å². The van der Waals surface area contributed by atoms with E-state index in [-0.39, 0.29) is 6.04 Å². The van der Waals surface area contributed by atoms with Crippen molar-refractivity contribution in [3.63, 3.8) is 0 Å². The van der Waals surface area contributed by atoms with Gasteiger partial charge in [0.15, 0.2) is 0 Å². The molecule has 0 aliphatic rings. The number of hydrogen-bond donors (Lipinski definition) is 2. The maximum atomic E-state index is 5.68. The van der Waals surface area contributed by atoms with E-state index in [9.17, 15) is 0 Å². The van der Waals surface area contributed by atoms with Gasteiger partial charge in [0, 0.05) is 12.6 Å². The van der Waals surface area contributed by atoms with Crippen LogP contribution in [-0.2, 0) is 0 Å². The molecule has 0 aliphatic carbocycles. The van der Waals surface area contributed by atoms with Gasteiger partial charge < -0.3 is 15.6 Å². The minimum atomic E-state index is 0.174. The van der Waals surface area contributed by atoms with Crippen molar-refractivity contribution in [1.29, 1.82) is 0 Å². The summed E-state index contributed by atoms with van der Waals surface area (Å²) >= 11 is 0. The van der Waals surface area contributed by atoms with Crippen molar-refractivity contribution in [2.75, 3.05) is 11.9 Å². The van der Waals surface area contributed by atoms with Gasteiger partial charge in [-0.3, -0.25) is 0 Å². The maximum Gasteiger partial charge on any atom is 0.263 e. The molecule has 0 aliphatic heterocycles. The first-order chi connectivity index (χ1) is 7.68. The molecule has 0 saturated heterocycles. The largest absolute Gasteiger partial charge is 0.369 e. The molecule has 2 heterocycles. The van der Waals surface area contributed by atoms with Gasteiger partial charge in [-0.15, -0.1) is 0 Å². The van der Waals surface area contributed by atoms with E-state index < -0.39 is 0 Å². The predicted octanol–water partition coefficient (Wildman–Crippen LogP) is 1.08. The Morgan fingerprint density at radius 3 is 3.06 bits per heavy atom. The predicted molar refractivity (Wildman–Crippen MR) is 61.1 cm³/mol. The first-order valence-corrected chi connectivity index (χ1v) is 5.25. The third kappa shape index (κ3) is 2.11. The lowest BCUT2D eigenvalue weighted by Gasteiger charge is -2.07. The molecule has 3 N–H and O–H groups in total. The Kier molecular flexibility index (Phi) is 3.00. The van der Waals surface area contributed by atoms with E-state index in [0.717, 1.165) is 29.9 Å². The number of nitrogens with two attached hydrogens (primary N) is 1. The van der Waals surface area contributed by atoms with Crippen LogP contribution in [0.5, 0.6) is 0 Å². The second kappa shape index (κ2) is 4.44. The third-order valence-corrected chi connectivity index (χ3v) is 2.34. The lowest BCUT2D eigenvalue weighted by molar-refractivity contribution is 0.442. The number of aryl methyl sites for hydroxylation is 1. The van der Waals surface area contributed by atoms with Crippen molar-refractivity contribution in [1.82, 2.24) is 15.1 Å². The van der Waals surface area contributed by atoms with Crippen LogP contribution >= 0.6 is 0 Å². The zero-order chi connectivity index (χ0) is 11.5.